The Balaban J connectivity index is 1.77. The Morgan fingerprint density at radius 3 is 2.03 bits per heavy atom. The average molecular weight is 390 g/mol. The number of carbonyl (C=O) groups excluding carboxylic acids is 2. The van der Waals surface area contributed by atoms with Crippen LogP contribution in [0, 0.1) is 6.92 Å². The molecule has 0 spiro atoms. The van der Waals surface area contributed by atoms with E-state index in [4.69, 9.17) is 5.10 Å². The molecule has 0 N–H and O–H groups in total. The van der Waals surface area contributed by atoms with Crippen LogP contribution in [0.5, 0.6) is 0 Å². The van der Waals surface area contributed by atoms with Gasteiger partial charge in [-0.1, -0.05) is 78.4 Å². The number of fused-ring (bicyclic) bond motifs is 1. The SMILES string of the molecule is Cc1ccc(-c2nn(-c3ccccc3)c3c2C(=O)C=C(c2ccccc2)C3=O)cc1. The highest BCUT2D eigenvalue weighted by Gasteiger charge is 2.35. The molecule has 4 heteroatoms. The van der Waals surface area contributed by atoms with Crippen molar-refractivity contribution in [1.82, 2.24) is 9.78 Å². The maximum Gasteiger partial charge on any atom is 0.213 e. The van der Waals surface area contributed by atoms with Crippen molar-refractivity contribution in [3.05, 3.63) is 113 Å². The first kappa shape index (κ1) is 18.0. The van der Waals surface area contributed by atoms with Crippen LogP contribution in [0.2, 0.25) is 0 Å². The van der Waals surface area contributed by atoms with Crippen LogP contribution in [-0.4, -0.2) is 21.3 Å². The molecule has 0 saturated heterocycles. The van der Waals surface area contributed by atoms with E-state index in [2.05, 4.69) is 0 Å². The molecule has 0 fully saturated rings. The van der Waals surface area contributed by atoms with Gasteiger partial charge in [0.1, 0.15) is 11.4 Å². The van der Waals surface area contributed by atoms with Crippen LogP contribution in [0.15, 0.2) is 91.0 Å². The summed E-state index contributed by atoms with van der Waals surface area (Å²) >= 11 is 0. The molecular formula is C26H18N2O2. The normalized spacial score (nSPS) is 13.2. The van der Waals surface area contributed by atoms with Crippen LogP contribution in [0.4, 0.5) is 0 Å². The quantitative estimate of drug-likeness (QED) is 0.476. The fraction of sp³-hybridized carbons (Fsp3) is 0.0385. The number of hydrogen-bond donors (Lipinski definition) is 0. The molecule has 0 atom stereocenters. The van der Waals surface area contributed by atoms with Gasteiger partial charge in [-0.05, 0) is 30.7 Å². The highest BCUT2D eigenvalue weighted by Crippen LogP contribution is 2.35. The molecule has 1 aliphatic rings. The van der Waals surface area contributed by atoms with Crippen LogP contribution in [0.25, 0.3) is 22.5 Å². The lowest BCUT2D eigenvalue weighted by Crippen LogP contribution is -2.19. The third kappa shape index (κ3) is 2.90. The summed E-state index contributed by atoms with van der Waals surface area (Å²) in [5.41, 5.74) is 4.96. The van der Waals surface area contributed by atoms with Crippen molar-refractivity contribution in [3.8, 4) is 16.9 Å². The molecule has 0 amide bonds. The number of hydrogen-bond acceptors (Lipinski definition) is 3. The summed E-state index contributed by atoms with van der Waals surface area (Å²) in [5, 5.41) is 4.73. The van der Waals surface area contributed by atoms with E-state index in [0.717, 1.165) is 22.4 Å². The summed E-state index contributed by atoms with van der Waals surface area (Å²) in [6.07, 6.45) is 1.44. The van der Waals surface area contributed by atoms with Crippen molar-refractivity contribution in [3.63, 3.8) is 0 Å². The van der Waals surface area contributed by atoms with Crippen LogP contribution in [-0.2, 0) is 0 Å². The van der Waals surface area contributed by atoms with Gasteiger partial charge in [-0.3, -0.25) is 9.59 Å². The van der Waals surface area contributed by atoms with E-state index in [9.17, 15) is 9.59 Å². The zero-order valence-electron chi connectivity index (χ0n) is 16.4. The van der Waals surface area contributed by atoms with E-state index in [-0.39, 0.29) is 11.6 Å². The lowest BCUT2D eigenvalue weighted by atomic mass is 9.88. The molecule has 3 aromatic carbocycles. The minimum Gasteiger partial charge on any atom is -0.289 e. The van der Waals surface area contributed by atoms with Crippen LogP contribution < -0.4 is 0 Å². The average Bonchev–Trinajstić information content (AvgIpc) is 3.19. The van der Waals surface area contributed by atoms with Gasteiger partial charge in [-0.25, -0.2) is 4.68 Å². The first-order chi connectivity index (χ1) is 14.6. The smallest absolute Gasteiger partial charge is 0.213 e. The highest BCUT2D eigenvalue weighted by atomic mass is 16.1. The number of Topliss-reactive ketones (excluding diaryl/α,β-unsaturated/α-hetero) is 1. The largest absolute Gasteiger partial charge is 0.289 e. The third-order valence-electron chi connectivity index (χ3n) is 5.28. The topological polar surface area (TPSA) is 52.0 Å². The molecule has 4 aromatic rings. The Bertz CT molecular complexity index is 1300. The van der Waals surface area contributed by atoms with Crippen LogP contribution >= 0.6 is 0 Å². The molecular weight excluding hydrogens is 372 g/mol. The van der Waals surface area contributed by atoms with Gasteiger partial charge in [0.2, 0.25) is 5.78 Å². The molecule has 0 radical (unpaired) electrons. The molecule has 4 nitrogen and oxygen atoms in total. The number of rotatable bonds is 3. The molecule has 0 bridgehead atoms. The standard InChI is InChI=1S/C26H18N2O2/c1-17-12-14-19(15-13-17)24-23-22(29)16-21(18-8-4-2-5-9-18)26(30)25(23)28(27-24)20-10-6-3-7-11-20/h2-16H,1H3. The predicted molar refractivity (Wildman–Crippen MR) is 117 cm³/mol. The van der Waals surface area contributed by atoms with Crippen molar-refractivity contribution in [2.75, 3.05) is 0 Å². The molecule has 1 aliphatic carbocycles. The van der Waals surface area contributed by atoms with E-state index in [1.165, 1.54) is 6.08 Å². The van der Waals surface area contributed by atoms with Gasteiger partial charge in [-0.2, -0.15) is 5.10 Å². The Labute approximate surface area is 174 Å². The second-order valence-corrected chi connectivity index (χ2v) is 7.30. The maximum atomic E-state index is 13.6. The van der Waals surface area contributed by atoms with Crippen molar-refractivity contribution >= 4 is 17.1 Å². The first-order valence-corrected chi connectivity index (χ1v) is 9.75. The molecule has 0 aliphatic heterocycles. The predicted octanol–water partition coefficient (Wildman–Crippen LogP) is 5.31. The number of aromatic nitrogens is 2. The van der Waals surface area contributed by atoms with Gasteiger partial charge in [0.05, 0.1) is 11.3 Å². The Morgan fingerprint density at radius 1 is 0.733 bits per heavy atom. The highest BCUT2D eigenvalue weighted by molar-refractivity contribution is 6.39. The lowest BCUT2D eigenvalue weighted by Gasteiger charge is -2.15. The van der Waals surface area contributed by atoms with Gasteiger partial charge >= 0.3 is 0 Å². The zero-order valence-corrected chi connectivity index (χ0v) is 16.4. The first-order valence-electron chi connectivity index (χ1n) is 9.75. The minimum atomic E-state index is -0.207. The van der Waals surface area contributed by atoms with E-state index in [1.54, 1.807) is 4.68 Å². The molecule has 1 heterocycles. The van der Waals surface area contributed by atoms with Crippen molar-refractivity contribution < 1.29 is 9.59 Å². The summed E-state index contributed by atoms with van der Waals surface area (Å²) in [6.45, 7) is 2.01. The van der Waals surface area contributed by atoms with Gasteiger partial charge in [0.15, 0.2) is 5.78 Å². The Kier molecular flexibility index (Phi) is 4.25. The van der Waals surface area contributed by atoms with E-state index >= 15 is 0 Å². The summed E-state index contributed by atoms with van der Waals surface area (Å²) in [5.74, 6) is -0.410. The Morgan fingerprint density at radius 2 is 1.37 bits per heavy atom. The summed E-state index contributed by atoms with van der Waals surface area (Å²) in [6, 6.07) is 26.5. The fourth-order valence-electron chi connectivity index (χ4n) is 3.76. The number of benzene rings is 3. The van der Waals surface area contributed by atoms with Gasteiger partial charge in [-0.15, -0.1) is 0 Å². The maximum absolute atomic E-state index is 13.6. The van der Waals surface area contributed by atoms with Crippen molar-refractivity contribution in [1.29, 1.82) is 0 Å². The fourth-order valence-corrected chi connectivity index (χ4v) is 3.76. The lowest BCUT2D eigenvalue weighted by molar-refractivity contribution is 0.0998. The third-order valence-corrected chi connectivity index (χ3v) is 5.28. The minimum absolute atomic E-state index is 0.203. The molecule has 144 valence electrons. The second kappa shape index (κ2) is 7.08. The van der Waals surface area contributed by atoms with Gasteiger partial charge < -0.3 is 0 Å². The van der Waals surface area contributed by atoms with E-state index in [1.807, 2.05) is 91.9 Å². The Hall–Kier alpha value is -4.05. The second-order valence-electron chi connectivity index (χ2n) is 7.30. The number of nitrogens with zero attached hydrogens (tertiary/aromatic N) is 2. The van der Waals surface area contributed by atoms with Crippen molar-refractivity contribution in [2.24, 2.45) is 0 Å². The van der Waals surface area contributed by atoms with E-state index < -0.39 is 0 Å². The molecule has 5 rings (SSSR count). The van der Waals surface area contributed by atoms with Gasteiger partial charge in [0, 0.05) is 11.1 Å². The number of allylic oxidation sites excluding steroid dienone is 2. The molecule has 1 aromatic heterocycles. The monoisotopic (exact) mass is 390 g/mol. The molecule has 0 unspecified atom stereocenters. The zero-order chi connectivity index (χ0) is 20.7. The number of ketones is 2. The molecule has 30 heavy (non-hydrogen) atoms. The van der Waals surface area contributed by atoms with Gasteiger partial charge in [0.25, 0.3) is 0 Å². The summed E-state index contributed by atoms with van der Waals surface area (Å²) in [4.78, 5) is 26.8. The van der Waals surface area contributed by atoms with Crippen molar-refractivity contribution in [2.45, 2.75) is 6.92 Å². The number of aryl methyl sites for hydroxylation is 1. The summed E-state index contributed by atoms with van der Waals surface area (Å²) < 4.78 is 1.60. The molecule has 0 saturated carbocycles. The number of carbonyl (C=O) groups is 2. The van der Waals surface area contributed by atoms with E-state index in [0.29, 0.717) is 22.5 Å². The summed E-state index contributed by atoms with van der Waals surface area (Å²) in [7, 11) is 0. The van der Waals surface area contributed by atoms with Crippen LogP contribution in [0.3, 0.4) is 0 Å². The van der Waals surface area contributed by atoms with Crippen LogP contribution in [0.1, 0.15) is 32.0 Å². The number of para-hydroxylation sites is 1.